The number of piperidine rings is 1. The summed E-state index contributed by atoms with van der Waals surface area (Å²) in [7, 11) is -3.52. The van der Waals surface area contributed by atoms with Gasteiger partial charge in [-0.05, 0) is 12.8 Å². The number of thiazole rings is 1. The van der Waals surface area contributed by atoms with Crippen LogP contribution in [0.15, 0.2) is 10.4 Å². The van der Waals surface area contributed by atoms with Crippen LogP contribution in [-0.2, 0) is 10.0 Å². The van der Waals surface area contributed by atoms with Gasteiger partial charge in [0.15, 0.2) is 8.68 Å². The van der Waals surface area contributed by atoms with Crippen molar-refractivity contribution in [1.29, 1.82) is 0 Å². The van der Waals surface area contributed by atoms with E-state index in [2.05, 4.69) is 10.3 Å². The van der Waals surface area contributed by atoms with E-state index in [1.165, 1.54) is 10.5 Å². The molecule has 2 aliphatic heterocycles. The molecule has 116 valence electrons. The van der Waals surface area contributed by atoms with Gasteiger partial charge >= 0.3 is 6.03 Å². The van der Waals surface area contributed by atoms with Crippen LogP contribution in [0.5, 0.6) is 0 Å². The van der Waals surface area contributed by atoms with Crippen molar-refractivity contribution in [3.63, 3.8) is 0 Å². The van der Waals surface area contributed by atoms with Gasteiger partial charge in [0.05, 0.1) is 6.20 Å². The van der Waals surface area contributed by atoms with Gasteiger partial charge in [-0.25, -0.2) is 18.2 Å². The molecule has 0 bridgehead atoms. The fraction of sp³-hybridized carbons (Fsp3) is 0.636. The minimum absolute atomic E-state index is 0.0504. The molecule has 0 atom stereocenters. The lowest BCUT2D eigenvalue weighted by atomic mass is 10.1. The number of rotatable bonds is 3. The lowest BCUT2D eigenvalue weighted by molar-refractivity contribution is 0.167. The van der Waals surface area contributed by atoms with Gasteiger partial charge in [0.1, 0.15) is 0 Å². The Morgan fingerprint density at radius 1 is 1.33 bits per heavy atom. The van der Waals surface area contributed by atoms with E-state index in [0.29, 0.717) is 39.0 Å². The van der Waals surface area contributed by atoms with Crippen LogP contribution in [0.3, 0.4) is 0 Å². The first kappa shape index (κ1) is 15.0. The number of nitrogens with zero attached hydrogens (tertiary/aromatic N) is 3. The van der Waals surface area contributed by atoms with Crippen molar-refractivity contribution in [3.05, 3.63) is 10.7 Å². The summed E-state index contributed by atoms with van der Waals surface area (Å²) < 4.78 is 26.7. The second kappa shape index (κ2) is 5.71. The largest absolute Gasteiger partial charge is 0.336 e. The molecular formula is C11H15ClN4O3S2. The number of nitrogens with one attached hydrogen (secondary N) is 1. The second-order valence-electron chi connectivity index (χ2n) is 4.99. The Morgan fingerprint density at radius 2 is 2.05 bits per heavy atom. The molecule has 0 unspecified atom stereocenters. The molecule has 0 spiro atoms. The summed E-state index contributed by atoms with van der Waals surface area (Å²) >= 11 is 6.67. The molecule has 0 aliphatic carbocycles. The van der Waals surface area contributed by atoms with E-state index in [0.717, 1.165) is 11.3 Å². The zero-order chi connectivity index (χ0) is 15.0. The third kappa shape index (κ3) is 2.87. The Morgan fingerprint density at radius 3 is 2.57 bits per heavy atom. The third-order valence-electron chi connectivity index (χ3n) is 3.80. The van der Waals surface area contributed by atoms with E-state index in [4.69, 9.17) is 11.6 Å². The summed E-state index contributed by atoms with van der Waals surface area (Å²) in [5, 5.41) is 2.77. The van der Waals surface area contributed by atoms with Gasteiger partial charge in [-0.2, -0.15) is 4.31 Å². The van der Waals surface area contributed by atoms with E-state index in [-0.39, 0.29) is 20.7 Å². The summed E-state index contributed by atoms with van der Waals surface area (Å²) in [4.78, 5) is 17.2. The van der Waals surface area contributed by atoms with E-state index in [1.54, 1.807) is 4.90 Å². The molecule has 10 heteroatoms. The molecule has 2 fully saturated rings. The van der Waals surface area contributed by atoms with Crippen LogP contribution in [0.1, 0.15) is 12.8 Å². The van der Waals surface area contributed by atoms with Crippen LogP contribution in [0, 0.1) is 0 Å². The number of aromatic nitrogens is 1. The van der Waals surface area contributed by atoms with Crippen molar-refractivity contribution in [2.75, 3.05) is 26.2 Å². The SMILES string of the molecule is O=C1NCCN1C1CCN(S(=O)(=O)c2cnc(Cl)s2)CC1. The van der Waals surface area contributed by atoms with Crippen LogP contribution in [0.25, 0.3) is 0 Å². The molecule has 2 saturated heterocycles. The zero-order valence-electron chi connectivity index (χ0n) is 11.2. The fourth-order valence-electron chi connectivity index (χ4n) is 2.71. The van der Waals surface area contributed by atoms with Gasteiger partial charge in [0, 0.05) is 32.2 Å². The molecule has 1 aromatic heterocycles. The Hall–Kier alpha value is -0.900. The molecular weight excluding hydrogens is 336 g/mol. The molecule has 0 aromatic carbocycles. The van der Waals surface area contributed by atoms with E-state index in [1.807, 2.05) is 0 Å². The summed E-state index contributed by atoms with van der Waals surface area (Å²) in [6, 6.07) is 0.0644. The van der Waals surface area contributed by atoms with E-state index < -0.39 is 10.0 Å². The van der Waals surface area contributed by atoms with Crippen LogP contribution in [0.4, 0.5) is 4.79 Å². The summed E-state index contributed by atoms with van der Waals surface area (Å²) in [6.07, 6.45) is 2.60. The first-order valence-electron chi connectivity index (χ1n) is 6.64. The number of sulfonamides is 1. The van der Waals surface area contributed by atoms with Crippen LogP contribution >= 0.6 is 22.9 Å². The molecule has 0 radical (unpaired) electrons. The van der Waals surface area contributed by atoms with Crippen LogP contribution < -0.4 is 5.32 Å². The highest BCUT2D eigenvalue weighted by molar-refractivity contribution is 7.91. The minimum Gasteiger partial charge on any atom is -0.336 e. The predicted octanol–water partition coefficient (Wildman–Crippen LogP) is 0.975. The molecule has 21 heavy (non-hydrogen) atoms. The number of amides is 2. The lowest BCUT2D eigenvalue weighted by Crippen LogP contribution is -2.47. The molecule has 7 nitrogen and oxygen atoms in total. The van der Waals surface area contributed by atoms with Gasteiger partial charge in [0.2, 0.25) is 0 Å². The van der Waals surface area contributed by atoms with Crippen molar-refractivity contribution in [2.24, 2.45) is 0 Å². The first-order chi connectivity index (χ1) is 9.98. The highest BCUT2D eigenvalue weighted by Gasteiger charge is 2.35. The maximum absolute atomic E-state index is 12.4. The highest BCUT2D eigenvalue weighted by atomic mass is 35.5. The number of hydrogen-bond acceptors (Lipinski definition) is 5. The molecule has 1 N–H and O–H groups in total. The quantitative estimate of drug-likeness (QED) is 0.880. The lowest BCUT2D eigenvalue weighted by Gasteiger charge is -2.35. The van der Waals surface area contributed by atoms with Crippen molar-refractivity contribution in [1.82, 2.24) is 19.5 Å². The van der Waals surface area contributed by atoms with Gasteiger partial charge < -0.3 is 10.2 Å². The topological polar surface area (TPSA) is 82.6 Å². The van der Waals surface area contributed by atoms with E-state index in [9.17, 15) is 13.2 Å². The van der Waals surface area contributed by atoms with Crippen LogP contribution in [0.2, 0.25) is 4.47 Å². The summed E-state index contributed by atoms with van der Waals surface area (Å²) in [6.45, 7) is 2.18. The van der Waals surface area contributed by atoms with Crippen LogP contribution in [-0.4, -0.2) is 60.9 Å². The third-order valence-corrected chi connectivity index (χ3v) is 7.25. The Labute approximate surface area is 131 Å². The highest BCUT2D eigenvalue weighted by Crippen LogP contribution is 2.28. The minimum atomic E-state index is -3.52. The standard InChI is InChI=1S/C11H15ClN4O3S2/c12-10-14-7-9(20-10)21(18,19)15-4-1-8(2-5-15)16-6-3-13-11(16)17/h7-8H,1-6H2,(H,13,17). The Balaban J connectivity index is 1.67. The maximum atomic E-state index is 12.4. The first-order valence-corrected chi connectivity index (χ1v) is 9.28. The monoisotopic (exact) mass is 350 g/mol. The maximum Gasteiger partial charge on any atom is 0.317 e. The average molecular weight is 351 g/mol. The Bertz CT molecular complexity index is 640. The summed E-state index contributed by atoms with van der Waals surface area (Å²) in [5.41, 5.74) is 0. The molecule has 2 amide bonds. The average Bonchev–Trinajstić information content (AvgIpc) is 3.08. The predicted molar refractivity (Wildman–Crippen MR) is 79.0 cm³/mol. The van der Waals surface area contributed by atoms with Gasteiger partial charge in [-0.3, -0.25) is 0 Å². The molecule has 3 heterocycles. The number of halogens is 1. The number of hydrogen-bond donors (Lipinski definition) is 1. The second-order valence-corrected chi connectivity index (χ2v) is 8.77. The fourth-order valence-corrected chi connectivity index (χ4v) is 5.63. The van der Waals surface area contributed by atoms with E-state index >= 15 is 0 Å². The van der Waals surface area contributed by atoms with Crippen molar-refractivity contribution >= 4 is 39.0 Å². The molecule has 2 aliphatic rings. The Kier molecular flexibility index (Phi) is 4.08. The molecule has 1 aromatic rings. The van der Waals surface area contributed by atoms with Crippen molar-refractivity contribution < 1.29 is 13.2 Å². The molecule has 3 rings (SSSR count). The number of carbonyl (C=O) groups is 1. The van der Waals surface area contributed by atoms with Gasteiger partial charge in [0.25, 0.3) is 10.0 Å². The molecule has 0 saturated carbocycles. The number of urea groups is 1. The van der Waals surface area contributed by atoms with Crippen molar-refractivity contribution in [2.45, 2.75) is 23.1 Å². The smallest absolute Gasteiger partial charge is 0.317 e. The van der Waals surface area contributed by atoms with Crippen molar-refractivity contribution in [3.8, 4) is 0 Å². The zero-order valence-corrected chi connectivity index (χ0v) is 13.5. The van der Waals surface area contributed by atoms with Gasteiger partial charge in [-0.15, -0.1) is 0 Å². The number of carbonyl (C=O) groups excluding carboxylic acids is 1. The normalized spacial score (nSPS) is 21.8. The van der Waals surface area contributed by atoms with Gasteiger partial charge in [-0.1, -0.05) is 22.9 Å². The summed E-state index contributed by atoms with van der Waals surface area (Å²) in [5.74, 6) is 0.